The number of halogens is 6. The van der Waals surface area contributed by atoms with Gasteiger partial charge in [-0.2, -0.15) is 13.2 Å². The average molecular weight is 451 g/mol. The van der Waals surface area contributed by atoms with E-state index in [1.165, 1.54) is 18.7 Å². The number of alkyl halides is 6. The highest BCUT2D eigenvalue weighted by molar-refractivity contribution is 5.88. The van der Waals surface area contributed by atoms with Crippen molar-refractivity contribution in [1.82, 2.24) is 15.0 Å². The normalized spacial score (nSPS) is 19.9. The Hall–Kier alpha value is -2.93. The van der Waals surface area contributed by atoms with Crippen LogP contribution in [0, 0.1) is 0 Å². The second-order valence-electron chi connectivity index (χ2n) is 6.51. The van der Waals surface area contributed by atoms with Crippen LogP contribution in [0.2, 0.25) is 0 Å². The molecule has 2 heterocycles. The first-order valence-electron chi connectivity index (χ1n) is 8.80. The van der Waals surface area contributed by atoms with Crippen molar-refractivity contribution in [1.29, 1.82) is 0 Å². The van der Waals surface area contributed by atoms with Crippen LogP contribution in [-0.2, 0) is 15.8 Å². The first-order chi connectivity index (χ1) is 14.5. The molecule has 7 nitrogen and oxygen atoms in total. The molecule has 1 saturated heterocycles. The number of carbonyl (C=O) groups excluding carboxylic acids is 1. The van der Waals surface area contributed by atoms with E-state index in [9.17, 15) is 31.1 Å². The fourth-order valence-corrected chi connectivity index (χ4v) is 2.86. The van der Waals surface area contributed by atoms with Crippen molar-refractivity contribution in [2.24, 2.45) is 0 Å². The number of hydrogen-bond donors (Lipinski definition) is 0. The highest BCUT2D eigenvalue weighted by Crippen LogP contribution is 2.31. The number of hydroxylamine groups is 2. The highest BCUT2D eigenvalue weighted by Gasteiger charge is 2.40. The van der Waals surface area contributed by atoms with Gasteiger partial charge in [0.2, 0.25) is 0 Å². The van der Waals surface area contributed by atoms with Gasteiger partial charge in [0.05, 0.1) is 30.3 Å². The minimum absolute atomic E-state index is 0.0231. The van der Waals surface area contributed by atoms with Gasteiger partial charge in [0.1, 0.15) is 18.2 Å². The zero-order chi connectivity index (χ0) is 22.6. The van der Waals surface area contributed by atoms with E-state index in [0.717, 1.165) is 29.3 Å². The lowest BCUT2D eigenvalue weighted by atomic mass is 10.2. The van der Waals surface area contributed by atoms with E-state index in [1.54, 1.807) is 0 Å². The highest BCUT2D eigenvalue weighted by atomic mass is 19.4. The molecule has 13 heteroatoms. The zero-order valence-corrected chi connectivity index (χ0v) is 15.6. The van der Waals surface area contributed by atoms with Gasteiger partial charge in [-0.3, -0.25) is 4.74 Å². The van der Waals surface area contributed by atoms with Crippen LogP contribution in [0.25, 0.3) is 0 Å². The van der Waals surface area contributed by atoms with Crippen LogP contribution in [0.1, 0.15) is 22.3 Å². The summed E-state index contributed by atoms with van der Waals surface area (Å²) in [7, 11) is 0. The molecule has 0 spiro atoms. The molecule has 2 atom stereocenters. The van der Waals surface area contributed by atoms with Crippen LogP contribution in [0.15, 0.2) is 43.0 Å². The lowest BCUT2D eigenvalue weighted by Crippen LogP contribution is -2.37. The molecule has 31 heavy (non-hydrogen) atoms. The fraction of sp³-hybridized carbons (Fsp3) is 0.389. The van der Waals surface area contributed by atoms with Crippen LogP contribution < -0.4 is 4.74 Å². The molecule has 168 valence electrons. The monoisotopic (exact) mass is 451 g/mol. The Balaban J connectivity index is 1.67. The molecule has 0 N–H and O–H groups in total. The first-order valence-corrected chi connectivity index (χ1v) is 8.80. The number of hydrogen-bond acceptors (Lipinski definition) is 7. The summed E-state index contributed by atoms with van der Waals surface area (Å²) >= 11 is 0. The third-order valence-corrected chi connectivity index (χ3v) is 4.25. The van der Waals surface area contributed by atoms with E-state index in [-0.39, 0.29) is 24.3 Å². The molecule has 0 radical (unpaired) electrons. The van der Waals surface area contributed by atoms with Crippen molar-refractivity contribution in [3.63, 3.8) is 0 Å². The Labute approximate surface area is 171 Å². The number of rotatable bonds is 6. The molecule has 1 aromatic heterocycles. The largest absolute Gasteiger partial charge is 0.522 e. The molecule has 0 bridgehead atoms. The molecule has 0 amide bonds. The van der Waals surface area contributed by atoms with E-state index in [1.807, 2.05) is 0 Å². The maximum absolute atomic E-state index is 12.7. The Bertz CT molecular complexity index is 877. The SMILES string of the molecule is O=C(ON1C[C@H](Oc2ccc(C(F)(F)F)cc2)C[C@H]1COC(F)(F)F)c1cncnc1. The van der Waals surface area contributed by atoms with Crippen molar-refractivity contribution in [2.45, 2.75) is 31.1 Å². The number of nitrogens with zero attached hydrogens (tertiary/aromatic N) is 3. The Kier molecular flexibility index (Phi) is 6.65. The standard InChI is InChI=1S/C18H15F6N3O4/c19-17(20,21)12-1-3-14(4-2-12)30-15-5-13(9-29-18(22,23)24)27(8-15)31-16(28)11-6-25-10-26-7-11/h1-4,6-7,10,13,15H,5,8-9H2/t13-,15+/m0/s1. The summed E-state index contributed by atoms with van der Waals surface area (Å²) in [5, 5.41) is 0.982. The molecule has 0 aliphatic carbocycles. The lowest BCUT2D eigenvalue weighted by molar-refractivity contribution is -0.331. The number of ether oxygens (including phenoxy) is 2. The van der Waals surface area contributed by atoms with Crippen molar-refractivity contribution in [2.75, 3.05) is 13.2 Å². The van der Waals surface area contributed by atoms with Gasteiger partial charge >= 0.3 is 18.5 Å². The van der Waals surface area contributed by atoms with E-state index in [2.05, 4.69) is 14.7 Å². The van der Waals surface area contributed by atoms with Gasteiger partial charge in [-0.05, 0) is 24.3 Å². The Morgan fingerprint density at radius 1 is 1.06 bits per heavy atom. The molecule has 1 aromatic carbocycles. The second kappa shape index (κ2) is 9.06. The molecule has 0 saturated carbocycles. The summed E-state index contributed by atoms with van der Waals surface area (Å²) < 4.78 is 84.7. The van der Waals surface area contributed by atoms with Gasteiger partial charge in [-0.1, -0.05) is 0 Å². The average Bonchev–Trinajstić information content (AvgIpc) is 3.07. The second-order valence-corrected chi connectivity index (χ2v) is 6.51. The van der Waals surface area contributed by atoms with Gasteiger partial charge in [0.15, 0.2) is 0 Å². The van der Waals surface area contributed by atoms with Crippen LogP contribution in [0.4, 0.5) is 26.3 Å². The van der Waals surface area contributed by atoms with Gasteiger partial charge < -0.3 is 9.57 Å². The number of carbonyl (C=O) groups is 1. The fourth-order valence-electron chi connectivity index (χ4n) is 2.86. The Morgan fingerprint density at radius 2 is 1.71 bits per heavy atom. The van der Waals surface area contributed by atoms with E-state index < -0.39 is 42.8 Å². The molecule has 1 fully saturated rings. The quantitative estimate of drug-likeness (QED) is 0.621. The molecular formula is C18H15F6N3O4. The van der Waals surface area contributed by atoms with Crippen molar-refractivity contribution in [3.05, 3.63) is 54.1 Å². The van der Waals surface area contributed by atoms with Gasteiger partial charge in [-0.25, -0.2) is 14.8 Å². The maximum atomic E-state index is 12.7. The van der Waals surface area contributed by atoms with Crippen molar-refractivity contribution in [3.8, 4) is 5.75 Å². The van der Waals surface area contributed by atoms with Gasteiger partial charge in [0, 0.05) is 18.8 Å². The zero-order valence-electron chi connectivity index (χ0n) is 15.6. The third kappa shape index (κ3) is 6.52. The lowest BCUT2D eigenvalue weighted by Gasteiger charge is -2.22. The molecule has 2 aromatic rings. The van der Waals surface area contributed by atoms with Crippen molar-refractivity contribution < 1.29 is 45.4 Å². The Morgan fingerprint density at radius 3 is 2.29 bits per heavy atom. The van der Waals surface area contributed by atoms with Crippen molar-refractivity contribution >= 4 is 5.97 Å². The molecule has 1 aliphatic rings. The topological polar surface area (TPSA) is 73.8 Å². The summed E-state index contributed by atoms with van der Waals surface area (Å²) in [5.74, 6) is -0.814. The minimum atomic E-state index is -4.89. The first kappa shape index (κ1) is 22.7. The molecule has 1 aliphatic heterocycles. The summed E-state index contributed by atoms with van der Waals surface area (Å²) in [6.45, 7) is -0.971. The van der Waals surface area contributed by atoms with Crippen LogP contribution in [0.5, 0.6) is 5.75 Å². The van der Waals surface area contributed by atoms with Crippen LogP contribution >= 0.6 is 0 Å². The summed E-state index contributed by atoms with van der Waals surface area (Å²) in [6.07, 6.45) is -6.69. The maximum Gasteiger partial charge on any atom is 0.522 e. The van der Waals surface area contributed by atoms with E-state index in [0.29, 0.717) is 0 Å². The van der Waals surface area contributed by atoms with Gasteiger partial charge in [-0.15, -0.1) is 18.2 Å². The minimum Gasteiger partial charge on any atom is -0.489 e. The van der Waals surface area contributed by atoms with Crippen LogP contribution in [-0.4, -0.2) is 52.7 Å². The predicted octanol–water partition coefficient (Wildman–Crippen LogP) is 3.63. The summed E-state index contributed by atoms with van der Waals surface area (Å²) in [4.78, 5) is 24.6. The van der Waals surface area contributed by atoms with E-state index in [4.69, 9.17) is 9.57 Å². The molecule has 3 rings (SSSR count). The predicted molar refractivity (Wildman–Crippen MR) is 90.4 cm³/mol. The third-order valence-electron chi connectivity index (χ3n) is 4.25. The molecule has 0 unspecified atom stereocenters. The smallest absolute Gasteiger partial charge is 0.489 e. The molecular weight excluding hydrogens is 436 g/mol. The number of aromatic nitrogens is 2. The summed E-state index contributed by atoms with van der Waals surface area (Å²) in [6, 6.07) is 2.83. The summed E-state index contributed by atoms with van der Waals surface area (Å²) in [5.41, 5.74) is -0.895. The van der Waals surface area contributed by atoms with Gasteiger partial charge in [0.25, 0.3) is 0 Å². The van der Waals surface area contributed by atoms with Crippen LogP contribution in [0.3, 0.4) is 0 Å². The number of benzene rings is 1. The van der Waals surface area contributed by atoms with E-state index >= 15 is 0 Å².